The maximum Gasteiger partial charge on any atom is 0.306 e. The van der Waals surface area contributed by atoms with Gasteiger partial charge in [0.1, 0.15) is 19.3 Å². The number of quaternary nitrogens is 1. The number of esters is 1. The number of nitrogens with one attached hydrogen (secondary N) is 1. The van der Waals surface area contributed by atoms with Crippen LogP contribution in [0, 0.1) is 0 Å². The largest absolute Gasteiger partial charge is 0.756 e. The lowest BCUT2D eigenvalue weighted by atomic mass is 10.0. The fourth-order valence-corrected chi connectivity index (χ4v) is 9.98. The van der Waals surface area contributed by atoms with Gasteiger partial charge in [0.05, 0.1) is 33.8 Å². The SMILES string of the molecule is CC/C=C\C/C=C\C/C=C\C/C=C\C/C=C\C/C=C\CCCCCCCCCCC(=O)NC(COP(=O)([O-])OCC[N+](C)(C)C)C(/C=C\CCCCCCCCCCCC)OC(=O)CCCCCCCCC/C=C\C/C=C\CCCCC. The van der Waals surface area contributed by atoms with E-state index in [1.165, 1.54) is 122 Å². The number of nitrogens with zero attached hydrogens (tertiary/aromatic N) is 1. The van der Waals surface area contributed by atoms with Gasteiger partial charge in [0.25, 0.3) is 7.82 Å². The van der Waals surface area contributed by atoms with E-state index >= 15 is 0 Å². The molecule has 0 aromatic rings. The van der Waals surface area contributed by atoms with Gasteiger partial charge in [-0.25, -0.2) is 0 Å². The summed E-state index contributed by atoms with van der Waals surface area (Å²) >= 11 is 0. The van der Waals surface area contributed by atoms with E-state index in [1.54, 1.807) is 0 Å². The van der Waals surface area contributed by atoms with Gasteiger partial charge in [-0.1, -0.05) is 265 Å². The Morgan fingerprint density at radius 3 is 1.20 bits per heavy atom. The molecular formula is C72H127N2O7P. The number of allylic oxidation sites excluding steroid dienone is 17. The van der Waals surface area contributed by atoms with Gasteiger partial charge in [0.2, 0.25) is 5.91 Å². The van der Waals surface area contributed by atoms with Crippen LogP contribution in [-0.2, 0) is 27.9 Å². The van der Waals surface area contributed by atoms with Crippen molar-refractivity contribution < 1.29 is 37.3 Å². The molecule has 0 heterocycles. The molecule has 3 atom stereocenters. The van der Waals surface area contributed by atoms with Crippen molar-refractivity contribution in [2.45, 2.75) is 296 Å². The molecule has 0 radical (unpaired) electrons. The summed E-state index contributed by atoms with van der Waals surface area (Å²) in [4.78, 5) is 40.1. The molecule has 0 saturated carbocycles. The maximum absolute atomic E-state index is 13.6. The summed E-state index contributed by atoms with van der Waals surface area (Å²) in [7, 11) is 1.16. The molecule has 0 aromatic heterocycles. The Morgan fingerprint density at radius 2 is 0.780 bits per heavy atom. The van der Waals surface area contributed by atoms with Crippen LogP contribution in [0.2, 0.25) is 0 Å². The predicted molar refractivity (Wildman–Crippen MR) is 353 cm³/mol. The highest BCUT2D eigenvalue weighted by Gasteiger charge is 2.27. The first-order valence-corrected chi connectivity index (χ1v) is 35.2. The van der Waals surface area contributed by atoms with Crippen molar-refractivity contribution in [2.24, 2.45) is 0 Å². The summed E-state index contributed by atoms with van der Waals surface area (Å²) in [6.07, 6.45) is 83.4. The second-order valence-electron chi connectivity index (χ2n) is 23.6. The van der Waals surface area contributed by atoms with Crippen LogP contribution < -0.4 is 10.2 Å². The van der Waals surface area contributed by atoms with Crippen molar-refractivity contribution in [1.29, 1.82) is 0 Å². The van der Waals surface area contributed by atoms with Crippen molar-refractivity contribution >= 4 is 19.7 Å². The molecule has 0 aromatic carbocycles. The zero-order valence-corrected chi connectivity index (χ0v) is 54.8. The third-order valence-electron chi connectivity index (χ3n) is 14.4. The Hall–Kier alpha value is -3.33. The molecule has 0 rings (SSSR count). The number of unbranched alkanes of at least 4 members (excludes halogenated alkanes) is 28. The second kappa shape index (κ2) is 60.8. The number of amides is 1. The molecule has 0 aliphatic carbocycles. The first kappa shape index (κ1) is 78.7. The van der Waals surface area contributed by atoms with Gasteiger partial charge in [-0.2, -0.15) is 0 Å². The minimum absolute atomic E-state index is 0.0302. The number of ether oxygens (including phenoxy) is 1. The molecule has 9 nitrogen and oxygen atoms in total. The monoisotopic (exact) mass is 1160 g/mol. The number of rotatable bonds is 60. The van der Waals surface area contributed by atoms with E-state index in [-0.39, 0.29) is 24.9 Å². The lowest BCUT2D eigenvalue weighted by Crippen LogP contribution is -2.47. The predicted octanol–water partition coefficient (Wildman–Crippen LogP) is 20.7. The van der Waals surface area contributed by atoms with E-state index in [1.807, 2.05) is 33.3 Å². The molecular weight excluding hydrogens is 1040 g/mol. The van der Waals surface area contributed by atoms with E-state index < -0.39 is 26.6 Å². The Labute approximate surface area is 506 Å². The number of hydrogen-bond donors (Lipinski definition) is 1. The smallest absolute Gasteiger partial charge is 0.306 e. The molecule has 0 saturated heterocycles. The van der Waals surface area contributed by atoms with Crippen molar-refractivity contribution in [2.75, 3.05) is 40.9 Å². The highest BCUT2D eigenvalue weighted by atomic mass is 31.2. The molecule has 3 unspecified atom stereocenters. The summed E-state index contributed by atoms with van der Waals surface area (Å²) in [5.74, 6) is -0.561. The number of likely N-dealkylation sites (N-methyl/N-ethyl adjacent to an activating group) is 1. The van der Waals surface area contributed by atoms with Crippen LogP contribution >= 0.6 is 7.82 Å². The van der Waals surface area contributed by atoms with Crippen LogP contribution in [0.4, 0.5) is 0 Å². The molecule has 472 valence electrons. The molecule has 82 heavy (non-hydrogen) atoms. The molecule has 1 N–H and O–H groups in total. The van der Waals surface area contributed by atoms with Crippen LogP contribution in [0.1, 0.15) is 284 Å². The summed E-state index contributed by atoms with van der Waals surface area (Å²) in [5, 5.41) is 3.03. The molecule has 10 heteroatoms. The minimum Gasteiger partial charge on any atom is -0.756 e. The van der Waals surface area contributed by atoms with Crippen LogP contribution in [0.25, 0.3) is 0 Å². The maximum atomic E-state index is 13.6. The summed E-state index contributed by atoms with van der Waals surface area (Å²) in [6, 6.07) is -0.903. The van der Waals surface area contributed by atoms with Crippen LogP contribution in [-0.4, -0.2) is 69.4 Å². The lowest BCUT2D eigenvalue weighted by molar-refractivity contribution is -0.870. The third kappa shape index (κ3) is 61.2. The van der Waals surface area contributed by atoms with E-state index in [2.05, 4.69) is 123 Å². The van der Waals surface area contributed by atoms with Crippen LogP contribution in [0.15, 0.2) is 109 Å². The Kier molecular flexibility index (Phi) is 58.3. The average Bonchev–Trinajstić information content (AvgIpc) is 3.47. The van der Waals surface area contributed by atoms with Gasteiger partial charge >= 0.3 is 5.97 Å². The van der Waals surface area contributed by atoms with Gasteiger partial charge in [-0.3, -0.25) is 14.2 Å². The molecule has 0 fully saturated rings. The van der Waals surface area contributed by atoms with Crippen LogP contribution in [0.5, 0.6) is 0 Å². The first-order valence-electron chi connectivity index (χ1n) is 33.7. The normalized spacial score (nSPS) is 14.3. The molecule has 1 amide bonds. The summed E-state index contributed by atoms with van der Waals surface area (Å²) < 4.78 is 30.4. The second-order valence-corrected chi connectivity index (χ2v) is 25.0. The summed E-state index contributed by atoms with van der Waals surface area (Å²) in [5.41, 5.74) is 0. The van der Waals surface area contributed by atoms with E-state index in [0.717, 1.165) is 128 Å². The van der Waals surface area contributed by atoms with Crippen molar-refractivity contribution in [3.8, 4) is 0 Å². The van der Waals surface area contributed by atoms with Crippen LogP contribution in [0.3, 0.4) is 0 Å². The van der Waals surface area contributed by atoms with E-state index in [0.29, 0.717) is 17.4 Å². The minimum atomic E-state index is -4.71. The molecule has 0 bridgehead atoms. The van der Waals surface area contributed by atoms with Crippen molar-refractivity contribution in [3.63, 3.8) is 0 Å². The number of hydrogen-bond acceptors (Lipinski definition) is 7. The lowest BCUT2D eigenvalue weighted by Gasteiger charge is -2.30. The molecule has 0 aliphatic heterocycles. The van der Waals surface area contributed by atoms with Gasteiger partial charge in [-0.05, 0) is 115 Å². The summed E-state index contributed by atoms with van der Waals surface area (Å²) in [6.45, 7) is 6.70. The highest BCUT2D eigenvalue weighted by Crippen LogP contribution is 2.38. The number of carbonyl (C=O) groups is 2. The van der Waals surface area contributed by atoms with Gasteiger partial charge in [0, 0.05) is 12.8 Å². The first-order chi connectivity index (χ1) is 39.9. The fourth-order valence-electron chi connectivity index (χ4n) is 9.26. The number of phosphoric acid groups is 1. The number of carbonyl (C=O) groups excluding carboxylic acids is 2. The highest BCUT2D eigenvalue weighted by molar-refractivity contribution is 7.45. The van der Waals surface area contributed by atoms with E-state index in [4.69, 9.17) is 13.8 Å². The van der Waals surface area contributed by atoms with Crippen molar-refractivity contribution in [1.82, 2.24) is 5.32 Å². The zero-order valence-electron chi connectivity index (χ0n) is 53.9. The van der Waals surface area contributed by atoms with Crippen molar-refractivity contribution in [3.05, 3.63) is 109 Å². The van der Waals surface area contributed by atoms with Gasteiger partial charge in [-0.15, -0.1) is 0 Å². The standard InChI is InChI=1S/C72H127N2O7P/c1-7-10-13-16-19-22-25-28-30-32-33-34-35-36-37-38-39-40-41-43-44-46-49-52-55-58-61-64-71(75)73-69(68-80-82(77,78)79-67-66-74(4,5)6)70(63-60-57-54-51-48-27-24-21-18-15-12-9-3)81-72(76)65-62-59-56-53-50-47-45-42-31-29-26-23-20-17-14-11-8-2/h10,13,19-20,22-23,28-31,33-34,36-37,39-40,60,63,69-70H,7-9,11-12,14-18,21,24-27,32,35,38,41-59,61-62,64-68H2,1-6H3,(H-,73,75,77,78)/b13-10-,22-19-,23-20-,30-28-,31-29-,34-33-,37-36-,40-39-,63-60-. The topological polar surface area (TPSA) is 114 Å². The Morgan fingerprint density at radius 1 is 0.439 bits per heavy atom. The van der Waals surface area contributed by atoms with Gasteiger partial charge < -0.3 is 28.5 Å². The zero-order chi connectivity index (χ0) is 60.0. The quantitative estimate of drug-likeness (QED) is 0.0212. The molecule has 0 spiro atoms. The average molecular weight is 1160 g/mol. The Bertz CT molecular complexity index is 1770. The number of phosphoric ester groups is 1. The third-order valence-corrected chi connectivity index (χ3v) is 15.4. The van der Waals surface area contributed by atoms with Gasteiger partial charge in [0.15, 0.2) is 0 Å². The fraction of sp³-hybridized carbons (Fsp3) is 0.722. The molecule has 0 aliphatic rings. The Balaban J connectivity index is 5.14. The van der Waals surface area contributed by atoms with E-state index in [9.17, 15) is 19.0 Å².